The summed E-state index contributed by atoms with van der Waals surface area (Å²) in [6.45, 7) is 5.32. The van der Waals surface area contributed by atoms with Crippen molar-refractivity contribution >= 4 is 23.7 Å². The van der Waals surface area contributed by atoms with Crippen LogP contribution in [-0.2, 0) is 20.9 Å². The van der Waals surface area contributed by atoms with Crippen LogP contribution in [0.5, 0.6) is 0 Å². The molecule has 0 bridgehead atoms. The lowest BCUT2D eigenvalue weighted by atomic mass is 10.1. The van der Waals surface area contributed by atoms with Crippen molar-refractivity contribution in [2.45, 2.75) is 45.4 Å². The number of ether oxygens (including phenoxy) is 2. The number of nitrogens with zero attached hydrogens (tertiary/aromatic N) is 2. The van der Waals surface area contributed by atoms with Crippen LogP contribution < -0.4 is 5.32 Å². The Balaban J connectivity index is 1.80. The molecule has 176 valence electrons. The number of H-pyrrole nitrogens is 1. The van der Waals surface area contributed by atoms with Crippen LogP contribution in [0.3, 0.4) is 0 Å². The maximum absolute atomic E-state index is 12.6. The number of esters is 1. The fourth-order valence-electron chi connectivity index (χ4n) is 3.06. The molecule has 1 unspecified atom stereocenters. The average molecular weight is 481 g/mol. The number of nitriles is 1. The molecule has 3 aromatic rings. The van der Waals surface area contributed by atoms with Crippen LogP contribution >= 0.6 is 11.6 Å². The lowest BCUT2D eigenvalue weighted by Gasteiger charge is -2.22. The van der Waals surface area contributed by atoms with Gasteiger partial charge in [-0.1, -0.05) is 54.1 Å². The Labute approximate surface area is 202 Å². The molecule has 8 nitrogen and oxygen atoms in total. The van der Waals surface area contributed by atoms with Crippen molar-refractivity contribution in [2.24, 2.45) is 0 Å². The third kappa shape index (κ3) is 7.09. The summed E-state index contributed by atoms with van der Waals surface area (Å²) >= 11 is 6.37. The largest absolute Gasteiger partial charge is 0.461 e. The zero-order chi connectivity index (χ0) is 24.7. The lowest BCUT2D eigenvalue weighted by molar-refractivity contribution is -0.145. The number of hydrogen-bond acceptors (Lipinski definition) is 6. The molecule has 1 atom stereocenters. The Morgan fingerprint density at radius 1 is 1.15 bits per heavy atom. The number of rotatable bonds is 7. The van der Waals surface area contributed by atoms with E-state index in [0.717, 1.165) is 5.56 Å². The van der Waals surface area contributed by atoms with E-state index in [0.29, 0.717) is 16.8 Å². The molecule has 0 saturated heterocycles. The van der Waals surface area contributed by atoms with Crippen molar-refractivity contribution in [3.63, 3.8) is 0 Å². The first-order valence-corrected chi connectivity index (χ1v) is 11.0. The molecule has 9 heteroatoms. The molecule has 0 aliphatic rings. The highest BCUT2D eigenvalue weighted by atomic mass is 35.5. The standard InChI is InChI=1S/C25H25ClN4O4/c1-25(2,3)34-24(32)28-19(13-20(31)33-15-17-7-5-4-6-8-17)23-29-21(22(26)30-23)18-11-9-16(14-27)10-12-18/h4-12,19H,13,15H2,1-3H3,(H,28,32)(H,29,30). The number of benzene rings is 2. The third-order valence-corrected chi connectivity index (χ3v) is 4.87. The van der Waals surface area contributed by atoms with Crippen LogP contribution in [0.1, 0.15) is 50.2 Å². The Kier molecular flexibility index (Phi) is 7.92. The molecule has 0 saturated carbocycles. The monoisotopic (exact) mass is 480 g/mol. The van der Waals surface area contributed by atoms with Crippen LogP contribution in [0.2, 0.25) is 5.15 Å². The number of aromatic amines is 1. The van der Waals surface area contributed by atoms with Crippen LogP contribution in [0.15, 0.2) is 54.6 Å². The summed E-state index contributed by atoms with van der Waals surface area (Å²) in [5.74, 6) is -0.260. The summed E-state index contributed by atoms with van der Waals surface area (Å²) < 4.78 is 10.7. The van der Waals surface area contributed by atoms with Crippen molar-refractivity contribution in [3.8, 4) is 17.3 Å². The zero-order valence-electron chi connectivity index (χ0n) is 19.1. The van der Waals surface area contributed by atoms with Gasteiger partial charge in [0.15, 0.2) is 0 Å². The van der Waals surface area contributed by atoms with E-state index in [1.165, 1.54) is 0 Å². The molecule has 1 aromatic heterocycles. The maximum Gasteiger partial charge on any atom is 0.408 e. The molecular formula is C25H25ClN4O4. The molecule has 0 radical (unpaired) electrons. The fourth-order valence-corrected chi connectivity index (χ4v) is 3.31. The van der Waals surface area contributed by atoms with Gasteiger partial charge >= 0.3 is 12.1 Å². The molecule has 2 N–H and O–H groups in total. The van der Waals surface area contributed by atoms with Crippen molar-refractivity contribution in [1.82, 2.24) is 15.3 Å². The van der Waals surface area contributed by atoms with E-state index in [-0.39, 0.29) is 24.0 Å². The number of carbonyl (C=O) groups is 2. The van der Waals surface area contributed by atoms with Gasteiger partial charge in [-0.3, -0.25) is 4.79 Å². The van der Waals surface area contributed by atoms with Crippen LogP contribution in [0.25, 0.3) is 11.3 Å². The number of nitrogens with one attached hydrogen (secondary N) is 2. The van der Waals surface area contributed by atoms with E-state index in [4.69, 9.17) is 26.3 Å². The Morgan fingerprint density at radius 3 is 2.44 bits per heavy atom. The van der Waals surface area contributed by atoms with Gasteiger partial charge in [-0.15, -0.1) is 0 Å². The predicted octanol–water partition coefficient (Wildman–Crippen LogP) is 5.30. The number of carbonyl (C=O) groups excluding carboxylic acids is 2. The lowest BCUT2D eigenvalue weighted by Crippen LogP contribution is -2.36. The van der Waals surface area contributed by atoms with Crippen LogP contribution in [0, 0.1) is 11.3 Å². The molecule has 0 aliphatic heterocycles. The quantitative estimate of drug-likeness (QED) is 0.443. The highest BCUT2D eigenvalue weighted by Crippen LogP contribution is 2.29. The number of amides is 1. The van der Waals surface area contributed by atoms with Crippen LogP contribution in [0.4, 0.5) is 4.79 Å². The van der Waals surface area contributed by atoms with E-state index in [2.05, 4.69) is 21.4 Å². The van der Waals surface area contributed by atoms with Gasteiger partial charge in [0, 0.05) is 5.56 Å². The topological polar surface area (TPSA) is 117 Å². The van der Waals surface area contributed by atoms with Gasteiger partial charge in [0.25, 0.3) is 0 Å². The summed E-state index contributed by atoms with van der Waals surface area (Å²) in [4.78, 5) is 32.5. The minimum Gasteiger partial charge on any atom is -0.461 e. The smallest absolute Gasteiger partial charge is 0.408 e. The van der Waals surface area contributed by atoms with E-state index in [1.807, 2.05) is 30.3 Å². The van der Waals surface area contributed by atoms with Gasteiger partial charge in [0.2, 0.25) is 0 Å². The van der Waals surface area contributed by atoms with Crippen molar-refractivity contribution < 1.29 is 19.1 Å². The highest BCUT2D eigenvalue weighted by molar-refractivity contribution is 6.31. The summed E-state index contributed by atoms with van der Waals surface area (Å²) in [6, 6.07) is 17.2. The minimum absolute atomic E-state index is 0.105. The Bertz CT molecular complexity index is 1180. The minimum atomic E-state index is -0.872. The van der Waals surface area contributed by atoms with E-state index >= 15 is 0 Å². The molecule has 1 heterocycles. The van der Waals surface area contributed by atoms with Gasteiger partial charge in [0.1, 0.15) is 34.9 Å². The van der Waals surface area contributed by atoms with E-state index in [1.54, 1.807) is 45.0 Å². The molecule has 0 spiro atoms. The Morgan fingerprint density at radius 2 is 1.82 bits per heavy atom. The third-order valence-electron chi connectivity index (χ3n) is 4.60. The first kappa shape index (κ1) is 24.8. The summed E-state index contributed by atoms with van der Waals surface area (Å²) in [5.41, 5.74) is 1.72. The number of hydrogen-bond donors (Lipinski definition) is 2. The van der Waals surface area contributed by atoms with E-state index in [9.17, 15) is 9.59 Å². The number of imidazole rings is 1. The molecule has 3 rings (SSSR count). The van der Waals surface area contributed by atoms with Gasteiger partial charge in [-0.05, 0) is 38.5 Å². The van der Waals surface area contributed by atoms with Crippen molar-refractivity contribution in [2.75, 3.05) is 0 Å². The second-order valence-corrected chi connectivity index (χ2v) is 8.90. The number of halogens is 1. The maximum atomic E-state index is 12.6. The van der Waals surface area contributed by atoms with E-state index < -0.39 is 23.7 Å². The number of alkyl carbamates (subject to hydrolysis) is 1. The fraction of sp³-hybridized carbons (Fsp3) is 0.280. The molecule has 0 aliphatic carbocycles. The Hall–Kier alpha value is -3.83. The molecule has 0 fully saturated rings. The van der Waals surface area contributed by atoms with Gasteiger partial charge in [0.05, 0.1) is 18.1 Å². The first-order chi connectivity index (χ1) is 16.1. The van der Waals surface area contributed by atoms with Gasteiger partial charge in [-0.25, -0.2) is 9.78 Å². The molecule has 1 amide bonds. The average Bonchev–Trinajstić information content (AvgIpc) is 3.18. The van der Waals surface area contributed by atoms with Gasteiger partial charge in [-0.2, -0.15) is 5.26 Å². The second kappa shape index (κ2) is 10.9. The highest BCUT2D eigenvalue weighted by Gasteiger charge is 2.26. The zero-order valence-corrected chi connectivity index (χ0v) is 19.8. The molecule has 34 heavy (non-hydrogen) atoms. The summed E-state index contributed by atoms with van der Waals surface area (Å²) in [7, 11) is 0. The van der Waals surface area contributed by atoms with Crippen LogP contribution in [-0.4, -0.2) is 27.6 Å². The molecule has 2 aromatic carbocycles. The van der Waals surface area contributed by atoms with Crippen molar-refractivity contribution in [1.29, 1.82) is 5.26 Å². The first-order valence-electron chi connectivity index (χ1n) is 10.6. The normalized spacial score (nSPS) is 11.9. The number of aromatic nitrogens is 2. The molecular weight excluding hydrogens is 456 g/mol. The summed E-state index contributed by atoms with van der Waals surface area (Å²) in [5, 5.41) is 11.9. The predicted molar refractivity (Wildman–Crippen MR) is 127 cm³/mol. The SMILES string of the molecule is CC(C)(C)OC(=O)NC(CC(=O)OCc1ccccc1)c1nc(-c2ccc(C#N)cc2)c(Cl)[nH]1. The van der Waals surface area contributed by atoms with Crippen molar-refractivity contribution in [3.05, 3.63) is 76.7 Å². The van der Waals surface area contributed by atoms with Gasteiger partial charge < -0.3 is 19.8 Å². The second-order valence-electron chi connectivity index (χ2n) is 8.52. The summed E-state index contributed by atoms with van der Waals surface area (Å²) in [6.07, 6.45) is -0.899.